The van der Waals surface area contributed by atoms with Gasteiger partial charge in [-0.2, -0.15) is 0 Å². The number of anilines is 1. The zero-order valence-electron chi connectivity index (χ0n) is 16.9. The summed E-state index contributed by atoms with van der Waals surface area (Å²) in [5.74, 6) is 1.66. The number of ether oxygens (including phenoxy) is 2. The zero-order valence-corrected chi connectivity index (χ0v) is 18.4. The predicted molar refractivity (Wildman–Crippen MR) is 118 cm³/mol. The SMILES string of the molecule is CCC(CC)OC(=O)N[C@@H]1CCCN2c3c(Br)cccc3Oc3ccccc3[C@H]12. The molecule has 2 atom stereocenters. The lowest BCUT2D eigenvalue weighted by atomic mass is 9.89. The number of amides is 1. The minimum absolute atomic E-state index is 0.0193. The number of carbonyl (C=O) groups excluding carboxylic acids is 1. The van der Waals surface area contributed by atoms with E-state index in [9.17, 15) is 4.79 Å². The van der Waals surface area contributed by atoms with Crippen LogP contribution in [-0.4, -0.2) is 24.8 Å². The molecule has 2 aliphatic heterocycles. The maximum atomic E-state index is 12.6. The van der Waals surface area contributed by atoms with Gasteiger partial charge in [0, 0.05) is 16.6 Å². The normalized spacial score (nSPS) is 20.1. The Hall–Kier alpha value is -2.21. The highest BCUT2D eigenvalue weighted by Gasteiger charge is 2.39. The van der Waals surface area contributed by atoms with E-state index in [4.69, 9.17) is 9.47 Å². The molecule has 2 aromatic carbocycles. The molecule has 29 heavy (non-hydrogen) atoms. The van der Waals surface area contributed by atoms with Crippen molar-refractivity contribution in [2.24, 2.45) is 0 Å². The summed E-state index contributed by atoms with van der Waals surface area (Å²) in [6.07, 6.45) is 3.14. The summed E-state index contributed by atoms with van der Waals surface area (Å²) in [4.78, 5) is 15.0. The Bertz CT molecular complexity index is 884. The summed E-state index contributed by atoms with van der Waals surface area (Å²) in [6, 6.07) is 14.0. The molecule has 0 saturated carbocycles. The van der Waals surface area contributed by atoms with Gasteiger partial charge in [0.1, 0.15) is 11.9 Å². The first-order valence-electron chi connectivity index (χ1n) is 10.4. The molecule has 1 fully saturated rings. The van der Waals surface area contributed by atoms with Crippen LogP contribution in [0.2, 0.25) is 0 Å². The Morgan fingerprint density at radius 2 is 1.97 bits per heavy atom. The molecule has 2 aliphatic rings. The summed E-state index contributed by atoms with van der Waals surface area (Å²) in [5, 5.41) is 3.16. The Morgan fingerprint density at radius 3 is 2.76 bits per heavy atom. The summed E-state index contributed by atoms with van der Waals surface area (Å²) in [7, 11) is 0. The number of piperidine rings is 1. The second-order valence-corrected chi connectivity index (χ2v) is 8.46. The third-order valence-corrected chi connectivity index (χ3v) is 6.45. The number of carbonyl (C=O) groups is 1. The van der Waals surface area contributed by atoms with Crippen molar-refractivity contribution in [2.75, 3.05) is 11.4 Å². The van der Waals surface area contributed by atoms with E-state index in [-0.39, 0.29) is 24.3 Å². The molecule has 0 spiro atoms. The van der Waals surface area contributed by atoms with Gasteiger partial charge in [-0.3, -0.25) is 0 Å². The largest absolute Gasteiger partial charge is 0.455 e. The van der Waals surface area contributed by atoms with Crippen LogP contribution in [0, 0.1) is 0 Å². The predicted octanol–water partition coefficient (Wildman–Crippen LogP) is 6.18. The molecular weight excluding hydrogens is 432 g/mol. The number of fused-ring (bicyclic) bond motifs is 5. The van der Waals surface area contributed by atoms with Gasteiger partial charge < -0.3 is 19.7 Å². The van der Waals surface area contributed by atoms with Gasteiger partial charge in [0.2, 0.25) is 0 Å². The second kappa shape index (κ2) is 8.66. The quantitative estimate of drug-likeness (QED) is 0.593. The molecule has 154 valence electrons. The van der Waals surface area contributed by atoms with Crippen molar-refractivity contribution in [3.8, 4) is 11.5 Å². The molecule has 2 aromatic rings. The highest BCUT2D eigenvalue weighted by atomic mass is 79.9. The number of alkyl carbamates (subject to hydrolysis) is 1. The van der Waals surface area contributed by atoms with Crippen LogP contribution in [0.15, 0.2) is 46.9 Å². The van der Waals surface area contributed by atoms with E-state index in [1.54, 1.807) is 0 Å². The van der Waals surface area contributed by atoms with Crippen molar-refractivity contribution in [2.45, 2.75) is 57.7 Å². The fourth-order valence-electron chi connectivity index (χ4n) is 4.37. The van der Waals surface area contributed by atoms with E-state index in [0.29, 0.717) is 0 Å². The van der Waals surface area contributed by atoms with Gasteiger partial charge in [0.25, 0.3) is 0 Å². The first-order chi connectivity index (χ1) is 14.1. The third-order valence-electron chi connectivity index (χ3n) is 5.81. The van der Waals surface area contributed by atoms with E-state index < -0.39 is 0 Å². The smallest absolute Gasteiger partial charge is 0.407 e. The zero-order chi connectivity index (χ0) is 20.4. The summed E-state index contributed by atoms with van der Waals surface area (Å²) < 4.78 is 12.9. The van der Waals surface area contributed by atoms with E-state index in [2.05, 4.69) is 32.2 Å². The molecule has 0 unspecified atom stereocenters. The van der Waals surface area contributed by atoms with Crippen molar-refractivity contribution in [3.05, 3.63) is 52.5 Å². The summed E-state index contributed by atoms with van der Waals surface area (Å²) in [6.45, 7) is 4.98. The number of hydrogen-bond donors (Lipinski definition) is 1. The van der Waals surface area contributed by atoms with E-state index in [1.807, 2.05) is 50.2 Å². The van der Waals surface area contributed by atoms with Gasteiger partial charge in [-0.25, -0.2) is 4.79 Å². The van der Waals surface area contributed by atoms with Gasteiger partial charge in [0.05, 0.1) is 17.8 Å². The number of para-hydroxylation sites is 2. The number of hydrogen-bond acceptors (Lipinski definition) is 4. The fourth-order valence-corrected chi connectivity index (χ4v) is 4.94. The van der Waals surface area contributed by atoms with Crippen LogP contribution in [0.4, 0.5) is 10.5 Å². The number of rotatable bonds is 4. The number of benzene rings is 2. The van der Waals surface area contributed by atoms with Crippen molar-refractivity contribution in [1.29, 1.82) is 0 Å². The maximum Gasteiger partial charge on any atom is 0.407 e. The molecular formula is C23H27BrN2O3. The van der Waals surface area contributed by atoms with Crippen LogP contribution in [0.1, 0.15) is 51.1 Å². The molecule has 6 heteroatoms. The average Bonchev–Trinajstić information content (AvgIpc) is 2.87. The summed E-state index contributed by atoms with van der Waals surface area (Å²) >= 11 is 3.71. The van der Waals surface area contributed by atoms with E-state index in [0.717, 1.165) is 59.5 Å². The molecule has 0 radical (unpaired) electrons. The van der Waals surface area contributed by atoms with Gasteiger partial charge in [-0.05, 0) is 59.8 Å². The van der Waals surface area contributed by atoms with Gasteiger partial charge in [0.15, 0.2) is 5.75 Å². The first kappa shape index (κ1) is 20.1. The van der Waals surface area contributed by atoms with Crippen LogP contribution in [0.25, 0.3) is 0 Å². The molecule has 1 N–H and O–H groups in total. The van der Waals surface area contributed by atoms with Crippen LogP contribution in [0.5, 0.6) is 11.5 Å². The fraction of sp³-hybridized carbons (Fsp3) is 0.435. The molecule has 4 rings (SSSR count). The Labute approximate surface area is 180 Å². The molecule has 0 aromatic heterocycles. The first-order valence-corrected chi connectivity index (χ1v) is 11.2. The third kappa shape index (κ3) is 3.95. The van der Waals surface area contributed by atoms with Crippen molar-refractivity contribution >= 4 is 27.7 Å². The lowest BCUT2D eigenvalue weighted by Gasteiger charge is -2.42. The summed E-state index contributed by atoms with van der Waals surface area (Å²) in [5.41, 5.74) is 2.12. The average molecular weight is 459 g/mol. The van der Waals surface area contributed by atoms with E-state index >= 15 is 0 Å². The lowest BCUT2D eigenvalue weighted by molar-refractivity contribution is 0.0875. The van der Waals surface area contributed by atoms with Gasteiger partial charge in [-0.1, -0.05) is 38.1 Å². The minimum atomic E-state index is -0.333. The van der Waals surface area contributed by atoms with Crippen LogP contribution < -0.4 is 15.0 Å². The highest BCUT2D eigenvalue weighted by Crippen LogP contribution is 2.50. The standard InChI is InChI=1S/C23H27BrN2O3/c1-3-15(4-2)28-23(27)25-18-11-8-14-26-21(18)16-9-5-6-12-19(16)29-20-13-7-10-17(24)22(20)26/h5-7,9-10,12-13,15,18,21H,3-4,8,11,14H2,1-2H3,(H,25,27)/t18-,21-/m1/s1. The molecule has 2 heterocycles. The number of nitrogens with one attached hydrogen (secondary N) is 1. The lowest BCUT2D eigenvalue weighted by Crippen LogP contribution is -2.50. The van der Waals surface area contributed by atoms with E-state index in [1.165, 1.54) is 0 Å². The van der Waals surface area contributed by atoms with Crippen LogP contribution >= 0.6 is 15.9 Å². The van der Waals surface area contributed by atoms with Crippen molar-refractivity contribution in [1.82, 2.24) is 5.32 Å². The molecule has 0 bridgehead atoms. The minimum Gasteiger partial charge on any atom is -0.455 e. The molecule has 1 amide bonds. The Balaban J connectivity index is 1.70. The molecule has 1 saturated heterocycles. The van der Waals surface area contributed by atoms with Gasteiger partial charge in [-0.15, -0.1) is 0 Å². The molecule has 5 nitrogen and oxygen atoms in total. The number of halogens is 1. The molecule has 0 aliphatic carbocycles. The van der Waals surface area contributed by atoms with Crippen molar-refractivity contribution in [3.63, 3.8) is 0 Å². The van der Waals surface area contributed by atoms with Crippen LogP contribution in [0.3, 0.4) is 0 Å². The number of nitrogens with zero attached hydrogens (tertiary/aromatic N) is 1. The maximum absolute atomic E-state index is 12.6. The van der Waals surface area contributed by atoms with Crippen molar-refractivity contribution < 1.29 is 14.3 Å². The topological polar surface area (TPSA) is 50.8 Å². The van der Waals surface area contributed by atoms with Gasteiger partial charge >= 0.3 is 6.09 Å². The second-order valence-electron chi connectivity index (χ2n) is 7.60. The Morgan fingerprint density at radius 1 is 1.21 bits per heavy atom. The van der Waals surface area contributed by atoms with Crippen LogP contribution in [-0.2, 0) is 4.74 Å². The highest BCUT2D eigenvalue weighted by molar-refractivity contribution is 9.10. The monoisotopic (exact) mass is 458 g/mol. The Kier molecular flexibility index (Phi) is 5.99.